The number of anilines is 1. The Balaban J connectivity index is 1.50. The summed E-state index contributed by atoms with van der Waals surface area (Å²) < 4.78 is 7.41. The fourth-order valence-electron chi connectivity index (χ4n) is 4.19. The van der Waals surface area contributed by atoms with Crippen LogP contribution in [0.1, 0.15) is 23.0 Å². The predicted octanol–water partition coefficient (Wildman–Crippen LogP) is 3.38. The summed E-state index contributed by atoms with van der Waals surface area (Å²) in [6, 6.07) is 17.0. The van der Waals surface area contributed by atoms with Gasteiger partial charge in [0.2, 0.25) is 5.95 Å². The average Bonchev–Trinajstić information content (AvgIpc) is 3.17. The Hall–Kier alpha value is -3.03. The van der Waals surface area contributed by atoms with Crippen molar-refractivity contribution in [1.82, 2.24) is 24.5 Å². The maximum absolute atomic E-state index is 5.58. The number of morpholine rings is 1. The number of para-hydroxylation sites is 1. The quantitative estimate of drug-likeness (QED) is 0.552. The van der Waals surface area contributed by atoms with Crippen molar-refractivity contribution in [2.45, 2.75) is 19.9 Å². The van der Waals surface area contributed by atoms with Gasteiger partial charge in [0.05, 0.1) is 24.8 Å². The first-order valence-corrected chi connectivity index (χ1v) is 10.4. The number of aromatic nitrogens is 4. The summed E-state index contributed by atoms with van der Waals surface area (Å²) in [5.74, 6) is 1.45. The third kappa shape index (κ3) is 3.62. The zero-order valence-corrected chi connectivity index (χ0v) is 17.4. The van der Waals surface area contributed by atoms with Gasteiger partial charge in [0.15, 0.2) is 5.65 Å². The lowest BCUT2D eigenvalue weighted by molar-refractivity contribution is 0.0186. The van der Waals surface area contributed by atoms with Crippen LogP contribution in [-0.2, 0) is 4.74 Å². The molecule has 1 unspecified atom stereocenters. The largest absolute Gasteiger partial charge is 0.379 e. The summed E-state index contributed by atoms with van der Waals surface area (Å²) in [5, 5.41) is 9.17. The van der Waals surface area contributed by atoms with Crippen LogP contribution in [0.3, 0.4) is 0 Å². The van der Waals surface area contributed by atoms with E-state index in [2.05, 4.69) is 51.5 Å². The average molecular weight is 403 g/mol. The summed E-state index contributed by atoms with van der Waals surface area (Å²) in [5.41, 5.74) is 4.32. The highest BCUT2D eigenvalue weighted by molar-refractivity contribution is 5.92. The van der Waals surface area contributed by atoms with Crippen LogP contribution in [0.25, 0.3) is 16.6 Å². The number of hydrogen-bond donors (Lipinski definition) is 1. The lowest BCUT2D eigenvalue weighted by Gasteiger charge is -2.35. The van der Waals surface area contributed by atoms with E-state index in [0.29, 0.717) is 0 Å². The molecule has 1 N–H and O–H groups in total. The van der Waals surface area contributed by atoms with Crippen LogP contribution in [0.2, 0.25) is 0 Å². The number of aryl methyl sites for hydroxylation is 2. The summed E-state index contributed by atoms with van der Waals surface area (Å²) in [4.78, 5) is 12.0. The minimum Gasteiger partial charge on any atom is -0.379 e. The fourth-order valence-corrected chi connectivity index (χ4v) is 4.19. The minimum atomic E-state index is 0.224. The molecule has 7 heteroatoms. The lowest BCUT2D eigenvalue weighted by Crippen LogP contribution is -2.41. The van der Waals surface area contributed by atoms with E-state index in [1.54, 1.807) is 0 Å². The Morgan fingerprint density at radius 3 is 2.70 bits per heavy atom. The van der Waals surface area contributed by atoms with Crippen LogP contribution < -0.4 is 5.32 Å². The zero-order valence-electron chi connectivity index (χ0n) is 17.4. The van der Waals surface area contributed by atoms with Crippen molar-refractivity contribution in [2.24, 2.45) is 0 Å². The standard InChI is InChI=1S/C23H26N6O/c1-16-6-5-7-18(14-16)21(28-10-12-30-13-11-28)15-24-23-26-20-9-4-3-8-19(20)22-25-17(2)27-29(22)23/h3-9,14,21H,10-13,15H2,1-2H3,(H,24,26). The van der Waals surface area contributed by atoms with Gasteiger partial charge in [-0.2, -0.15) is 4.52 Å². The Morgan fingerprint density at radius 2 is 1.87 bits per heavy atom. The molecule has 0 radical (unpaired) electrons. The van der Waals surface area contributed by atoms with Gasteiger partial charge in [-0.15, -0.1) is 5.10 Å². The number of hydrogen-bond acceptors (Lipinski definition) is 6. The molecule has 2 aromatic carbocycles. The highest BCUT2D eigenvalue weighted by atomic mass is 16.5. The Morgan fingerprint density at radius 1 is 1.03 bits per heavy atom. The van der Waals surface area contributed by atoms with Crippen LogP contribution in [0.4, 0.5) is 5.95 Å². The molecule has 4 aromatic rings. The van der Waals surface area contributed by atoms with Crippen molar-refractivity contribution in [2.75, 3.05) is 38.2 Å². The Bertz CT molecular complexity index is 1180. The van der Waals surface area contributed by atoms with E-state index in [0.717, 1.165) is 61.2 Å². The Kier molecular flexibility index (Phi) is 5.06. The third-order valence-electron chi connectivity index (χ3n) is 5.65. The molecule has 7 nitrogen and oxygen atoms in total. The maximum Gasteiger partial charge on any atom is 0.226 e. The normalized spacial score (nSPS) is 16.2. The maximum atomic E-state index is 5.58. The van der Waals surface area contributed by atoms with Gasteiger partial charge < -0.3 is 10.1 Å². The summed E-state index contributed by atoms with van der Waals surface area (Å²) in [6.45, 7) is 8.15. The second kappa shape index (κ2) is 8.01. The lowest BCUT2D eigenvalue weighted by atomic mass is 10.0. The first-order chi connectivity index (χ1) is 14.7. The molecule has 2 aromatic heterocycles. The van der Waals surface area contributed by atoms with E-state index in [4.69, 9.17) is 9.72 Å². The molecule has 3 heterocycles. The summed E-state index contributed by atoms with van der Waals surface area (Å²) in [7, 11) is 0. The van der Waals surface area contributed by atoms with Crippen LogP contribution in [-0.4, -0.2) is 57.3 Å². The van der Waals surface area contributed by atoms with Gasteiger partial charge in [-0.05, 0) is 31.5 Å². The van der Waals surface area contributed by atoms with E-state index in [9.17, 15) is 0 Å². The number of ether oxygens (including phenoxy) is 1. The van der Waals surface area contributed by atoms with Gasteiger partial charge in [-0.3, -0.25) is 4.90 Å². The molecular weight excluding hydrogens is 376 g/mol. The van der Waals surface area contributed by atoms with Crippen LogP contribution >= 0.6 is 0 Å². The van der Waals surface area contributed by atoms with Crippen molar-refractivity contribution in [3.8, 4) is 0 Å². The van der Waals surface area contributed by atoms with Gasteiger partial charge in [0.25, 0.3) is 0 Å². The fraction of sp³-hybridized carbons (Fsp3) is 0.348. The van der Waals surface area contributed by atoms with Crippen molar-refractivity contribution >= 4 is 22.5 Å². The molecule has 0 spiro atoms. The molecule has 0 aliphatic carbocycles. The molecule has 1 atom stereocenters. The molecule has 1 aliphatic heterocycles. The summed E-state index contributed by atoms with van der Waals surface area (Å²) in [6.07, 6.45) is 0. The van der Waals surface area contributed by atoms with Gasteiger partial charge in [-0.25, -0.2) is 9.97 Å². The Labute approximate surface area is 175 Å². The van der Waals surface area contributed by atoms with Crippen LogP contribution in [0.5, 0.6) is 0 Å². The molecule has 0 saturated carbocycles. The van der Waals surface area contributed by atoms with E-state index in [1.165, 1.54) is 11.1 Å². The number of fused-ring (bicyclic) bond motifs is 3. The predicted molar refractivity (Wildman–Crippen MR) is 118 cm³/mol. The number of nitrogens with one attached hydrogen (secondary N) is 1. The van der Waals surface area contributed by atoms with E-state index in [-0.39, 0.29) is 6.04 Å². The van der Waals surface area contributed by atoms with Crippen molar-refractivity contribution in [3.63, 3.8) is 0 Å². The number of rotatable bonds is 5. The second-order valence-electron chi connectivity index (χ2n) is 7.81. The number of benzene rings is 2. The van der Waals surface area contributed by atoms with Crippen molar-refractivity contribution < 1.29 is 4.74 Å². The van der Waals surface area contributed by atoms with Crippen molar-refractivity contribution in [1.29, 1.82) is 0 Å². The van der Waals surface area contributed by atoms with Crippen LogP contribution in [0.15, 0.2) is 48.5 Å². The summed E-state index contributed by atoms with van der Waals surface area (Å²) >= 11 is 0. The van der Waals surface area contributed by atoms with E-state index in [1.807, 2.05) is 35.7 Å². The van der Waals surface area contributed by atoms with Crippen molar-refractivity contribution in [3.05, 3.63) is 65.5 Å². The minimum absolute atomic E-state index is 0.224. The molecule has 5 rings (SSSR count). The third-order valence-corrected chi connectivity index (χ3v) is 5.65. The first kappa shape index (κ1) is 19.0. The first-order valence-electron chi connectivity index (χ1n) is 10.4. The monoisotopic (exact) mass is 402 g/mol. The molecule has 0 bridgehead atoms. The smallest absolute Gasteiger partial charge is 0.226 e. The van der Waals surface area contributed by atoms with E-state index < -0.39 is 0 Å². The molecule has 154 valence electrons. The van der Waals surface area contributed by atoms with Gasteiger partial charge >= 0.3 is 0 Å². The van der Waals surface area contributed by atoms with Gasteiger partial charge in [0.1, 0.15) is 5.82 Å². The number of nitrogens with zero attached hydrogens (tertiary/aromatic N) is 5. The molecule has 1 aliphatic rings. The topological polar surface area (TPSA) is 67.6 Å². The molecule has 0 amide bonds. The zero-order chi connectivity index (χ0) is 20.5. The SMILES string of the molecule is Cc1cccc(C(CNc2nc3ccccc3c3nc(C)nn23)N2CCOCC2)c1. The second-order valence-corrected chi connectivity index (χ2v) is 7.81. The van der Waals surface area contributed by atoms with Gasteiger partial charge in [-0.1, -0.05) is 42.0 Å². The molecule has 1 fully saturated rings. The highest BCUT2D eigenvalue weighted by Gasteiger charge is 2.23. The molecule has 1 saturated heterocycles. The molecular formula is C23H26N6O. The highest BCUT2D eigenvalue weighted by Crippen LogP contribution is 2.25. The van der Waals surface area contributed by atoms with Crippen LogP contribution in [0, 0.1) is 13.8 Å². The van der Waals surface area contributed by atoms with E-state index >= 15 is 0 Å². The van der Waals surface area contributed by atoms with Gasteiger partial charge in [0, 0.05) is 25.0 Å². The molecule has 30 heavy (non-hydrogen) atoms.